The molecule has 0 saturated carbocycles. The number of carbonyl (C=O) groups is 1. The van der Waals surface area contributed by atoms with E-state index >= 15 is 0 Å². The molecule has 0 fully saturated rings. The monoisotopic (exact) mass is 191 g/mol. The number of rotatable bonds is 2. The Morgan fingerprint density at radius 3 is 2.36 bits per heavy atom. The molecular formula is C12H17NO. The largest absolute Gasteiger partial charge is 0.315 e. The van der Waals surface area contributed by atoms with Crippen molar-refractivity contribution in [3.63, 3.8) is 0 Å². The molecule has 0 aliphatic carbocycles. The van der Waals surface area contributed by atoms with Gasteiger partial charge in [0.1, 0.15) is 0 Å². The third-order valence-electron chi connectivity index (χ3n) is 2.39. The quantitative estimate of drug-likeness (QED) is 0.704. The van der Waals surface area contributed by atoms with Crippen LogP contribution >= 0.6 is 0 Å². The Balaban J connectivity index is 3.13. The Labute approximate surface area is 85.5 Å². The van der Waals surface area contributed by atoms with Gasteiger partial charge in [0, 0.05) is 19.7 Å². The molecule has 0 atom stereocenters. The van der Waals surface area contributed by atoms with Gasteiger partial charge < -0.3 is 4.90 Å². The van der Waals surface area contributed by atoms with E-state index in [2.05, 4.69) is 19.9 Å². The van der Waals surface area contributed by atoms with E-state index in [0.717, 1.165) is 5.69 Å². The Morgan fingerprint density at radius 1 is 1.29 bits per heavy atom. The number of hydrogen-bond acceptors (Lipinski definition) is 1. The molecule has 2 nitrogen and oxygen atoms in total. The molecule has 0 N–H and O–H groups in total. The van der Waals surface area contributed by atoms with E-state index in [-0.39, 0.29) is 5.91 Å². The lowest BCUT2D eigenvalue weighted by molar-refractivity contribution is -0.116. The molecule has 0 heterocycles. The second-order valence-electron chi connectivity index (χ2n) is 3.79. The highest BCUT2D eigenvalue weighted by Crippen LogP contribution is 2.26. The number of para-hydroxylation sites is 1. The number of anilines is 1. The highest BCUT2D eigenvalue weighted by atomic mass is 16.2. The summed E-state index contributed by atoms with van der Waals surface area (Å²) in [5.41, 5.74) is 2.22. The molecular weight excluding hydrogens is 174 g/mol. The number of nitrogens with zero attached hydrogens (tertiary/aromatic N) is 1. The van der Waals surface area contributed by atoms with Gasteiger partial charge in [-0.05, 0) is 17.5 Å². The predicted molar refractivity (Wildman–Crippen MR) is 59.6 cm³/mol. The van der Waals surface area contributed by atoms with Crippen LogP contribution in [0.15, 0.2) is 24.3 Å². The van der Waals surface area contributed by atoms with Gasteiger partial charge in [-0.25, -0.2) is 0 Å². The highest BCUT2D eigenvalue weighted by molar-refractivity contribution is 5.91. The van der Waals surface area contributed by atoms with Gasteiger partial charge in [0.15, 0.2) is 0 Å². The third-order valence-corrected chi connectivity index (χ3v) is 2.39. The molecule has 0 radical (unpaired) electrons. The molecule has 76 valence electrons. The zero-order valence-electron chi connectivity index (χ0n) is 9.24. The van der Waals surface area contributed by atoms with Crippen LogP contribution in [0.2, 0.25) is 0 Å². The van der Waals surface area contributed by atoms with Crippen molar-refractivity contribution >= 4 is 11.6 Å². The molecule has 0 aromatic heterocycles. The standard InChI is InChI=1S/C12H17NO/c1-9(2)11-7-5-6-8-12(11)13(4)10(3)14/h5-9H,1-4H3. The lowest BCUT2D eigenvalue weighted by atomic mass is 10.0. The maximum absolute atomic E-state index is 11.2. The first-order chi connectivity index (χ1) is 6.54. The fourth-order valence-electron chi connectivity index (χ4n) is 1.45. The summed E-state index contributed by atoms with van der Waals surface area (Å²) in [7, 11) is 1.81. The molecule has 0 saturated heterocycles. The fourth-order valence-corrected chi connectivity index (χ4v) is 1.45. The van der Waals surface area contributed by atoms with Crippen molar-refractivity contribution in [3.8, 4) is 0 Å². The van der Waals surface area contributed by atoms with Crippen molar-refractivity contribution in [2.45, 2.75) is 26.7 Å². The van der Waals surface area contributed by atoms with Crippen LogP contribution in [0.3, 0.4) is 0 Å². The van der Waals surface area contributed by atoms with Gasteiger partial charge in [-0.3, -0.25) is 4.79 Å². The first-order valence-corrected chi connectivity index (χ1v) is 4.87. The smallest absolute Gasteiger partial charge is 0.223 e. The highest BCUT2D eigenvalue weighted by Gasteiger charge is 2.11. The van der Waals surface area contributed by atoms with E-state index in [1.54, 1.807) is 11.8 Å². The summed E-state index contributed by atoms with van der Waals surface area (Å²) in [6.45, 7) is 5.84. The molecule has 0 bridgehead atoms. The SMILES string of the molecule is CC(=O)N(C)c1ccccc1C(C)C. The topological polar surface area (TPSA) is 20.3 Å². The zero-order chi connectivity index (χ0) is 10.7. The maximum atomic E-state index is 11.2. The number of carbonyl (C=O) groups excluding carboxylic acids is 1. The van der Waals surface area contributed by atoms with Crippen molar-refractivity contribution < 1.29 is 4.79 Å². The van der Waals surface area contributed by atoms with Crippen LogP contribution in [0.1, 0.15) is 32.3 Å². The average molecular weight is 191 g/mol. The van der Waals surface area contributed by atoms with Crippen molar-refractivity contribution in [2.24, 2.45) is 0 Å². The summed E-state index contributed by atoms with van der Waals surface area (Å²) in [6.07, 6.45) is 0. The number of benzene rings is 1. The molecule has 1 aromatic rings. The first-order valence-electron chi connectivity index (χ1n) is 4.87. The normalized spacial score (nSPS) is 10.4. The molecule has 0 aliphatic heterocycles. The predicted octanol–water partition coefficient (Wildman–Crippen LogP) is 2.79. The minimum absolute atomic E-state index is 0.0677. The lowest BCUT2D eigenvalue weighted by Crippen LogP contribution is -2.24. The second kappa shape index (κ2) is 4.27. The summed E-state index contributed by atoms with van der Waals surface area (Å²) < 4.78 is 0. The van der Waals surface area contributed by atoms with E-state index < -0.39 is 0 Å². The molecule has 0 spiro atoms. The van der Waals surface area contributed by atoms with Crippen LogP contribution in [-0.2, 0) is 4.79 Å². The van der Waals surface area contributed by atoms with Crippen LogP contribution in [0.5, 0.6) is 0 Å². The Bertz CT molecular complexity index is 331. The van der Waals surface area contributed by atoms with E-state index in [1.807, 2.05) is 25.2 Å². The van der Waals surface area contributed by atoms with E-state index in [9.17, 15) is 4.79 Å². The maximum Gasteiger partial charge on any atom is 0.223 e. The molecule has 1 aromatic carbocycles. The van der Waals surface area contributed by atoms with Crippen molar-refractivity contribution in [2.75, 3.05) is 11.9 Å². The first kappa shape index (κ1) is 10.8. The van der Waals surface area contributed by atoms with Gasteiger partial charge in [-0.15, -0.1) is 0 Å². The minimum Gasteiger partial charge on any atom is -0.315 e. The molecule has 2 heteroatoms. The van der Waals surface area contributed by atoms with E-state index in [1.165, 1.54) is 5.56 Å². The second-order valence-corrected chi connectivity index (χ2v) is 3.79. The molecule has 0 unspecified atom stereocenters. The molecule has 1 amide bonds. The van der Waals surface area contributed by atoms with Gasteiger partial charge >= 0.3 is 0 Å². The van der Waals surface area contributed by atoms with Crippen molar-refractivity contribution in [1.29, 1.82) is 0 Å². The third kappa shape index (κ3) is 2.13. The minimum atomic E-state index is 0.0677. The van der Waals surface area contributed by atoms with Crippen LogP contribution in [0, 0.1) is 0 Å². The van der Waals surface area contributed by atoms with Gasteiger partial charge in [-0.1, -0.05) is 32.0 Å². The average Bonchev–Trinajstić information content (AvgIpc) is 2.16. The van der Waals surface area contributed by atoms with Gasteiger partial charge in [0.05, 0.1) is 0 Å². The van der Waals surface area contributed by atoms with Crippen LogP contribution in [0.4, 0.5) is 5.69 Å². The summed E-state index contributed by atoms with van der Waals surface area (Å²) in [5.74, 6) is 0.506. The fraction of sp³-hybridized carbons (Fsp3) is 0.417. The van der Waals surface area contributed by atoms with Gasteiger partial charge in [0.2, 0.25) is 5.91 Å². The van der Waals surface area contributed by atoms with Crippen molar-refractivity contribution in [3.05, 3.63) is 29.8 Å². The molecule has 1 rings (SSSR count). The van der Waals surface area contributed by atoms with Gasteiger partial charge in [0.25, 0.3) is 0 Å². The Kier molecular flexibility index (Phi) is 3.28. The lowest BCUT2D eigenvalue weighted by Gasteiger charge is -2.20. The van der Waals surface area contributed by atoms with Crippen LogP contribution < -0.4 is 4.90 Å². The van der Waals surface area contributed by atoms with Crippen LogP contribution in [0.25, 0.3) is 0 Å². The number of hydrogen-bond donors (Lipinski definition) is 0. The van der Waals surface area contributed by atoms with E-state index in [4.69, 9.17) is 0 Å². The van der Waals surface area contributed by atoms with Crippen molar-refractivity contribution in [1.82, 2.24) is 0 Å². The molecule has 14 heavy (non-hydrogen) atoms. The summed E-state index contributed by atoms with van der Waals surface area (Å²) in [6, 6.07) is 8.02. The van der Waals surface area contributed by atoms with E-state index in [0.29, 0.717) is 5.92 Å². The zero-order valence-corrected chi connectivity index (χ0v) is 9.24. The Hall–Kier alpha value is -1.31. The van der Waals surface area contributed by atoms with Crippen LogP contribution in [-0.4, -0.2) is 13.0 Å². The number of amides is 1. The summed E-state index contributed by atoms with van der Waals surface area (Å²) in [4.78, 5) is 12.9. The Morgan fingerprint density at radius 2 is 1.86 bits per heavy atom. The summed E-state index contributed by atoms with van der Waals surface area (Å²) in [5, 5.41) is 0. The molecule has 0 aliphatic rings. The summed E-state index contributed by atoms with van der Waals surface area (Å²) >= 11 is 0. The van der Waals surface area contributed by atoms with Gasteiger partial charge in [-0.2, -0.15) is 0 Å².